The van der Waals surface area contributed by atoms with Gasteiger partial charge in [0.05, 0.1) is 22.2 Å². The number of nitrogens with zero attached hydrogens (tertiary/aromatic N) is 2. The number of rotatable bonds is 8. The van der Waals surface area contributed by atoms with Crippen LogP contribution in [-0.4, -0.2) is 17.7 Å². The number of nitro benzene ring substituents is 1. The van der Waals surface area contributed by atoms with E-state index in [2.05, 4.69) is 11.1 Å². The van der Waals surface area contributed by atoms with E-state index < -0.39 is 4.92 Å². The van der Waals surface area contributed by atoms with E-state index in [1.807, 2.05) is 39.0 Å². The van der Waals surface area contributed by atoms with Crippen LogP contribution in [0, 0.1) is 24.0 Å². The lowest BCUT2D eigenvalue weighted by atomic mass is 10.1. The third-order valence-electron chi connectivity index (χ3n) is 4.58. The highest BCUT2D eigenvalue weighted by molar-refractivity contribution is 6.32. The SMILES string of the molecule is CCOc1cc(C=Nc2cc(C)ccc2C)cc(Cl)c1OCc1ccc([N+](=O)[O-])cc1. The zero-order chi connectivity index (χ0) is 22.4. The maximum atomic E-state index is 10.8. The third-order valence-corrected chi connectivity index (χ3v) is 4.86. The van der Waals surface area contributed by atoms with Crippen LogP contribution in [0.1, 0.15) is 29.2 Å². The highest BCUT2D eigenvalue weighted by atomic mass is 35.5. The fraction of sp³-hybridized carbons (Fsp3) is 0.208. The van der Waals surface area contributed by atoms with Crippen molar-refractivity contribution in [2.24, 2.45) is 4.99 Å². The first-order valence-corrected chi connectivity index (χ1v) is 10.2. The molecule has 6 nitrogen and oxygen atoms in total. The van der Waals surface area contributed by atoms with Crippen LogP contribution in [0.15, 0.2) is 59.6 Å². The Morgan fingerprint density at radius 3 is 2.48 bits per heavy atom. The third kappa shape index (κ3) is 5.83. The lowest BCUT2D eigenvalue weighted by Crippen LogP contribution is -2.01. The molecule has 0 saturated carbocycles. The normalized spacial score (nSPS) is 11.0. The first-order valence-electron chi connectivity index (χ1n) is 9.81. The van der Waals surface area contributed by atoms with Gasteiger partial charge >= 0.3 is 0 Å². The summed E-state index contributed by atoms with van der Waals surface area (Å²) in [6.07, 6.45) is 1.75. The number of benzene rings is 3. The number of ether oxygens (including phenoxy) is 2. The molecule has 0 amide bonds. The van der Waals surface area contributed by atoms with Crippen molar-refractivity contribution >= 4 is 29.2 Å². The van der Waals surface area contributed by atoms with Gasteiger partial charge in [0.15, 0.2) is 11.5 Å². The topological polar surface area (TPSA) is 74.0 Å². The number of aliphatic imine (C=N–C) groups is 1. The van der Waals surface area contributed by atoms with Crippen LogP contribution >= 0.6 is 11.6 Å². The molecule has 0 heterocycles. The lowest BCUT2D eigenvalue weighted by molar-refractivity contribution is -0.384. The second-order valence-corrected chi connectivity index (χ2v) is 7.43. The largest absolute Gasteiger partial charge is 0.490 e. The molecule has 7 heteroatoms. The number of hydrogen-bond acceptors (Lipinski definition) is 5. The van der Waals surface area contributed by atoms with Gasteiger partial charge in [0.1, 0.15) is 6.61 Å². The molecule has 0 fully saturated rings. The van der Waals surface area contributed by atoms with Gasteiger partial charge in [-0.2, -0.15) is 0 Å². The highest BCUT2D eigenvalue weighted by Gasteiger charge is 2.13. The molecular formula is C24H23ClN2O4. The van der Waals surface area contributed by atoms with E-state index in [0.29, 0.717) is 23.1 Å². The summed E-state index contributed by atoms with van der Waals surface area (Å²) in [5, 5.41) is 11.2. The van der Waals surface area contributed by atoms with E-state index in [0.717, 1.165) is 27.9 Å². The van der Waals surface area contributed by atoms with E-state index in [1.165, 1.54) is 12.1 Å². The smallest absolute Gasteiger partial charge is 0.269 e. The molecule has 0 bridgehead atoms. The summed E-state index contributed by atoms with van der Waals surface area (Å²) in [4.78, 5) is 14.9. The zero-order valence-electron chi connectivity index (χ0n) is 17.6. The van der Waals surface area contributed by atoms with Crippen molar-refractivity contribution in [1.29, 1.82) is 0 Å². The van der Waals surface area contributed by atoms with Crippen LogP contribution in [0.25, 0.3) is 0 Å². The predicted octanol–water partition coefficient (Wildman–Crippen LogP) is 6.59. The Hall–Kier alpha value is -3.38. The summed E-state index contributed by atoms with van der Waals surface area (Å²) in [5.41, 5.74) is 4.72. The summed E-state index contributed by atoms with van der Waals surface area (Å²) in [7, 11) is 0. The molecule has 0 radical (unpaired) electrons. The fourth-order valence-electron chi connectivity index (χ4n) is 2.94. The van der Waals surface area contributed by atoms with E-state index in [9.17, 15) is 10.1 Å². The van der Waals surface area contributed by atoms with Gasteiger partial charge in [-0.15, -0.1) is 0 Å². The molecule has 160 valence electrons. The minimum Gasteiger partial charge on any atom is -0.490 e. The summed E-state index contributed by atoms with van der Waals surface area (Å²) in [5.74, 6) is 0.935. The molecular weight excluding hydrogens is 416 g/mol. The van der Waals surface area contributed by atoms with Gasteiger partial charge in [-0.1, -0.05) is 23.7 Å². The Morgan fingerprint density at radius 2 is 1.81 bits per heavy atom. The van der Waals surface area contributed by atoms with E-state index in [4.69, 9.17) is 21.1 Å². The van der Waals surface area contributed by atoms with Gasteiger partial charge in [-0.05, 0) is 73.4 Å². The standard InChI is InChI=1S/C24H23ClN2O4/c1-4-30-23-13-19(14-26-22-11-16(2)5-6-17(22)3)12-21(25)24(23)31-15-18-7-9-20(10-8-18)27(28)29/h5-14H,4,15H2,1-3H3. The van der Waals surface area contributed by atoms with Crippen molar-refractivity contribution in [3.63, 3.8) is 0 Å². The summed E-state index contributed by atoms with van der Waals surface area (Å²) >= 11 is 6.49. The van der Waals surface area contributed by atoms with Gasteiger partial charge in [0, 0.05) is 18.3 Å². The van der Waals surface area contributed by atoms with Crippen molar-refractivity contribution in [2.75, 3.05) is 6.61 Å². The van der Waals surface area contributed by atoms with Gasteiger partial charge in [-0.3, -0.25) is 15.1 Å². The van der Waals surface area contributed by atoms with Crippen molar-refractivity contribution in [3.8, 4) is 11.5 Å². The van der Waals surface area contributed by atoms with Crippen LogP contribution in [0.3, 0.4) is 0 Å². The molecule has 3 aromatic carbocycles. The summed E-state index contributed by atoms with van der Waals surface area (Å²) < 4.78 is 11.6. The molecule has 31 heavy (non-hydrogen) atoms. The van der Waals surface area contributed by atoms with Crippen molar-refractivity contribution in [2.45, 2.75) is 27.4 Å². The number of aryl methyl sites for hydroxylation is 2. The van der Waals surface area contributed by atoms with Crippen LogP contribution in [0.4, 0.5) is 11.4 Å². The lowest BCUT2D eigenvalue weighted by Gasteiger charge is -2.14. The maximum Gasteiger partial charge on any atom is 0.269 e. The van der Waals surface area contributed by atoms with Gasteiger partial charge in [0.2, 0.25) is 0 Å². The number of non-ortho nitro benzene ring substituents is 1. The minimum absolute atomic E-state index is 0.0317. The van der Waals surface area contributed by atoms with E-state index in [1.54, 1.807) is 24.4 Å². The molecule has 0 N–H and O–H groups in total. The average molecular weight is 439 g/mol. The van der Waals surface area contributed by atoms with Crippen molar-refractivity contribution < 1.29 is 14.4 Å². The van der Waals surface area contributed by atoms with Gasteiger partial charge in [-0.25, -0.2) is 0 Å². The Kier molecular flexibility index (Phi) is 7.26. The molecule has 0 aliphatic heterocycles. The van der Waals surface area contributed by atoms with Crippen LogP contribution in [0.2, 0.25) is 5.02 Å². The Labute approximate surface area is 186 Å². The molecule has 0 unspecified atom stereocenters. The second kappa shape index (κ2) is 10.1. The molecule has 0 aromatic heterocycles. The average Bonchev–Trinajstić information content (AvgIpc) is 2.74. The van der Waals surface area contributed by atoms with Crippen molar-refractivity contribution in [3.05, 3.63) is 92.0 Å². The summed E-state index contributed by atoms with van der Waals surface area (Å²) in [6, 6.07) is 15.9. The number of hydrogen-bond donors (Lipinski definition) is 0. The van der Waals surface area contributed by atoms with E-state index >= 15 is 0 Å². The van der Waals surface area contributed by atoms with E-state index in [-0.39, 0.29) is 12.3 Å². The number of nitro groups is 1. The molecule has 0 aliphatic rings. The van der Waals surface area contributed by atoms with Gasteiger partial charge in [0.25, 0.3) is 5.69 Å². The quantitative estimate of drug-likeness (QED) is 0.226. The molecule has 3 rings (SSSR count). The molecule has 3 aromatic rings. The Bertz CT molecular complexity index is 1110. The zero-order valence-corrected chi connectivity index (χ0v) is 18.3. The Morgan fingerprint density at radius 1 is 1.06 bits per heavy atom. The van der Waals surface area contributed by atoms with Crippen LogP contribution in [0.5, 0.6) is 11.5 Å². The maximum absolute atomic E-state index is 10.8. The summed E-state index contributed by atoms with van der Waals surface area (Å²) in [6.45, 7) is 6.57. The van der Waals surface area contributed by atoms with Gasteiger partial charge < -0.3 is 9.47 Å². The first-order chi connectivity index (χ1) is 14.9. The second-order valence-electron chi connectivity index (χ2n) is 7.02. The minimum atomic E-state index is -0.437. The molecule has 0 aliphatic carbocycles. The first kappa shape index (κ1) is 22.3. The predicted molar refractivity (Wildman–Crippen MR) is 123 cm³/mol. The highest BCUT2D eigenvalue weighted by Crippen LogP contribution is 2.37. The molecule has 0 atom stereocenters. The van der Waals surface area contributed by atoms with Crippen LogP contribution in [-0.2, 0) is 6.61 Å². The number of halogens is 1. The molecule has 0 saturated heterocycles. The monoisotopic (exact) mass is 438 g/mol. The van der Waals surface area contributed by atoms with Crippen molar-refractivity contribution in [1.82, 2.24) is 0 Å². The van der Waals surface area contributed by atoms with Crippen LogP contribution < -0.4 is 9.47 Å². The Balaban J connectivity index is 1.82. The molecule has 0 spiro atoms. The fourth-order valence-corrected chi connectivity index (χ4v) is 3.21.